The van der Waals surface area contributed by atoms with Crippen molar-refractivity contribution >= 4 is 33.3 Å². The normalized spacial score (nSPS) is 12.6. The molecule has 0 aromatic carbocycles. The van der Waals surface area contributed by atoms with Gasteiger partial charge in [-0.15, -0.1) is 11.3 Å². The Morgan fingerprint density at radius 3 is 2.88 bits per heavy atom. The van der Waals surface area contributed by atoms with Gasteiger partial charge in [-0.3, -0.25) is 0 Å². The fourth-order valence-electron chi connectivity index (χ4n) is 1.56. The van der Waals surface area contributed by atoms with Crippen LogP contribution in [0.1, 0.15) is 12.5 Å². The van der Waals surface area contributed by atoms with Crippen molar-refractivity contribution in [1.82, 2.24) is 9.97 Å². The lowest BCUT2D eigenvalue weighted by molar-refractivity contribution is -0.138. The lowest BCUT2D eigenvalue weighted by atomic mass is 10.2. The van der Waals surface area contributed by atoms with Gasteiger partial charge in [0.1, 0.15) is 12.4 Å². The average Bonchev–Trinajstić information content (AvgIpc) is 2.69. The van der Waals surface area contributed by atoms with Crippen molar-refractivity contribution in [3.8, 4) is 0 Å². The molecule has 0 saturated carbocycles. The molecular formula is C11H13N3O2S. The largest absolute Gasteiger partial charge is 0.480 e. The number of carboxylic acids is 1. The van der Waals surface area contributed by atoms with Crippen molar-refractivity contribution < 1.29 is 9.90 Å². The summed E-state index contributed by atoms with van der Waals surface area (Å²) in [5, 5.41) is 11.0. The standard InChI is InChI=1S/C11H13N3O2S/c1-6-4-17-9-8(6)12-5-13-10(9)14(3)7(2)11(15)16/h4-5,7H,1-3H3,(H,15,16). The number of likely N-dealkylation sites (N-methyl/N-ethyl adjacent to an activating group) is 1. The first kappa shape index (κ1) is 11.8. The number of hydrogen-bond donors (Lipinski definition) is 1. The van der Waals surface area contributed by atoms with Gasteiger partial charge in [0.2, 0.25) is 0 Å². The number of hydrogen-bond acceptors (Lipinski definition) is 5. The van der Waals surface area contributed by atoms with E-state index in [9.17, 15) is 4.79 Å². The molecule has 0 aliphatic carbocycles. The summed E-state index contributed by atoms with van der Waals surface area (Å²) in [4.78, 5) is 21.0. The molecule has 0 spiro atoms. The van der Waals surface area contributed by atoms with E-state index in [4.69, 9.17) is 5.11 Å². The fraction of sp³-hybridized carbons (Fsp3) is 0.364. The molecule has 0 radical (unpaired) electrons. The van der Waals surface area contributed by atoms with Crippen molar-refractivity contribution in [2.45, 2.75) is 19.9 Å². The van der Waals surface area contributed by atoms with Crippen LogP contribution in [0.15, 0.2) is 11.7 Å². The first-order valence-electron chi connectivity index (χ1n) is 5.16. The van der Waals surface area contributed by atoms with E-state index in [1.54, 1.807) is 18.9 Å². The summed E-state index contributed by atoms with van der Waals surface area (Å²) >= 11 is 1.54. The maximum absolute atomic E-state index is 11.0. The number of carbonyl (C=O) groups is 1. The van der Waals surface area contributed by atoms with E-state index in [-0.39, 0.29) is 0 Å². The van der Waals surface area contributed by atoms with Gasteiger partial charge in [0.25, 0.3) is 0 Å². The summed E-state index contributed by atoms with van der Waals surface area (Å²) in [5.74, 6) is -0.199. The predicted octanol–water partition coefficient (Wildman–Crippen LogP) is 1.91. The third kappa shape index (κ3) is 1.95. The van der Waals surface area contributed by atoms with Gasteiger partial charge in [-0.2, -0.15) is 0 Å². The van der Waals surface area contributed by atoms with E-state index in [1.165, 1.54) is 17.7 Å². The summed E-state index contributed by atoms with van der Waals surface area (Å²) in [6.45, 7) is 3.62. The second kappa shape index (κ2) is 4.29. The van der Waals surface area contributed by atoms with Crippen LogP contribution >= 0.6 is 11.3 Å². The van der Waals surface area contributed by atoms with Crippen LogP contribution in [0, 0.1) is 6.92 Å². The highest BCUT2D eigenvalue weighted by atomic mass is 32.1. The first-order valence-corrected chi connectivity index (χ1v) is 6.04. The maximum Gasteiger partial charge on any atom is 0.326 e. The minimum absolute atomic E-state index is 0.615. The number of rotatable bonds is 3. The van der Waals surface area contributed by atoms with Crippen molar-refractivity contribution in [1.29, 1.82) is 0 Å². The van der Waals surface area contributed by atoms with Crippen LogP contribution in [0.2, 0.25) is 0 Å². The Labute approximate surface area is 103 Å². The summed E-state index contributed by atoms with van der Waals surface area (Å²) in [7, 11) is 1.73. The highest BCUT2D eigenvalue weighted by Crippen LogP contribution is 2.30. The summed E-state index contributed by atoms with van der Waals surface area (Å²) in [6, 6.07) is -0.615. The Morgan fingerprint density at radius 1 is 1.53 bits per heavy atom. The SMILES string of the molecule is Cc1csc2c(N(C)C(C)C(=O)O)ncnc12. The van der Waals surface area contributed by atoms with E-state index in [0.29, 0.717) is 5.82 Å². The molecule has 0 aliphatic rings. The van der Waals surface area contributed by atoms with Crippen molar-refractivity contribution in [2.24, 2.45) is 0 Å². The number of fused-ring (bicyclic) bond motifs is 1. The van der Waals surface area contributed by atoms with E-state index in [1.807, 2.05) is 12.3 Å². The van der Waals surface area contributed by atoms with Crippen LogP contribution < -0.4 is 4.90 Å². The molecular weight excluding hydrogens is 238 g/mol. The number of aryl methyl sites for hydroxylation is 1. The smallest absolute Gasteiger partial charge is 0.326 e. The maximum atomic E-state index is 11.0. The van der Waals surface area contributed by atoms with Gasteiger partial charge in [0, 0.05) is 7.05 Å². The van der Waals surface area contributed by atoms with Gasteiger partial charge >= 0.3 is 5.97 Å². The molecule has 90 valence electrons. The highest BCUT2D eigenvalue weighted by molar-refractivity contribution is 7.18. The molecule has 2 rings (SSSR count). The van der Waals surface area contributed by atoms with Crippen molar-refractivity contribution in [3.05, 3.63) is 17.3 Å². The van der Waals surface area contributed by atoms with E-state index < -0.39 is 12.0 Å². The number of thiophene rings is 1. The molecule has 0 bridgehead atoms. The number of anilines is 1. The number of aliphatic carboxylic acids is 1. The zero-order chi connectivity index (χ0) is 12.6. The first-order chi connectivity index (χ1) is 8.02. The van der Waals surface area contributed by atoms with Crippen LogP contribution in [0.4, 0.5) is 5.82 Å². The molecule has 1 unspecified atom stereocenters. The number of aromatic nitrogens is 2. The Kier molecular flexibility index (Phi) is 2.97. The zero-order valence-electron chi connectivity index (χ0n) is 9.84. The molecule has 1 N–H and O–H groups in total. The quantitative estimate of drug-likeness (QED) is 0.902. The lowest BCUT2D eigenvalue weighted by Gasteiger charge is -2.22. The van der Waals surface area contributed by atoms with Gasteiger partial charge in [0.15, 0.2) is 5.82 Å². The molecule has 2 aromatic heterocycles. The number of carboxylic acid groups (broad SMARTS) is 1. The van der Waals surface area contributed by atoms with Crippen LogP contribution in [0.25, 0.3) is 10.2 Å². The zero-order valence-corrected chi connectivity index (χ0v) is 10.7. The molecule has 17 heavy (non-hydrogen) atoms. The Hall–Kier alpha value is -1.69. The Morgan fingerprint density at radius 2 is 2.24 bits per heavy atom. The van der Waals surface area contributed by atoms with Gasteiger partial charge < -0.3 is 10.0 Å². The fourth-order valence-corrected chi connectivity index (χ4v) is 2.59. The average molecular weight is 251 g/mol. The monoisotopic (exact) mass is 251 g/mol. The molecule has 1 atom stereocenters. The topological polar surface area (TPSA) is 66.3 Å². The molecule has 0 amide bonds. The predicted molar refractivity (Wildman–Crippen MR) is 67.7 cm³/mol. The van der Waals surface area contributed by atoms with Crippen LogP contribution in [0.5, 0.6) is 0 Å². The van der Waals surface area contributed by atoms with E-state index in [2.05, 4.69) is 9.97 Å². The molecule has 0 saturated heterocycles. The number of nitrogens with zero attached hydrogens (tertiary/aromatic N) is 3. The van der Waals surface area contributed by atoms with Crippen LogP contribution in [0.3, 0.4) is 0 Å². The highest BCUT2D eigenvalue weighted by Gasteiger charge is 2.21. The second-order valence-corrected chi connectivity index (χ2v) is 4.80. The van der Waals surface area contributed by atoms with Crippen molar-refractivity contribution in [2.75, 3.05) is 11.9 Å². The minimum atomic E-state index is -0.868. The van der Waals surface area contributed by atoms with Gasteiger partial charge in [0.05, 0.1) is 10.2 Å². The molecule has 2 heterocycles. The molecule has 0 aliphatic heterocycles. The van der Waals surface area contributed by atoms with Gasteiger partial charge in [-0.25, -0.2) is 14.8 Å². The van der Waals surface area contributed by atoms with Crippen molar-refractivity contribution in [3.63, 3.8) is 0 Å². The Bertz CT molecular complexity index is 567. The minimum Gasteiger partial charge on any atom is -0.480 e. The molecule has 0 fully saturated rings. The van der Waals surface area contributed by atoms with Crippen LogP contribution in [-0.2, 0) is 4.79 Å². The third-order valence-corrected chi connectivity index (χ3v) is 3.87. The third-order valence-electron chi connectivity index (χ3n) is 2.78. The summed E-state index contributed by atoms with van der Waals surface area (Å²) in [6.07, 6.45) is 1.47. The molecule has 2 aromatic rings. The van der Waals surface area contributed by atoms with E-state index >= 15 is 0 Å². The van der Waals surface area contributed by atoms with Crippen LogP contribution in [-0.4, -0.2) is 34.1 Å². The van der Waals surface area contributed by atoms with Gasteiger partial charge in [-0.1, -0.05) is 0 Å². The Balaban J connectivity index is 2.52. The van der Waals surface area contributed by atoms with Gasteiger partial charge in [-0.05, 0) is 24.8 Å². The summed E-state index contributed by atoms with van der Waals surface area (Å²) < 4.78 is 0.931. The second-order valence-electron chi connectivity index (χ2n) is 3.92. The molecule has 6 heteroatoms. The lowest BCUT2D eigenvalue weighted by Crippen LogP contribution is -2.36. The summed E-state index contributed by atoms with van der Waals surface area (Å²) in [5.41, 5.74) is 1.98. The van der Waals surface area contributed by atoms with E-state index in [0.717, 1.165) is 15.8 Å². The molecule has 5 nitrogen and oxygen atoms in total.